The summed E-state index contributed by atoms with van der Waals surface area (Å²) < 4.78 is 46.4. The Morgan fingerprint density at radius 1 is 1.06 bits per heavy atom. The van der Waals surface area contributed by atoms with Crippen LogP contribution in [0.15, 0.2) is 42.6 Å². The Kier molecular flexibility index (Phi) is 6.34. The van der Waals surface area contributed by atoms with E-state index in [1.54, 1.807) is 40.7 Å². The summed E-state index contributed by atoms with van der Waals surface area (Å²) in [6.07, 6.45) is -3.45. The molecule has 1 aromatic heterocycles. The number of imide groups is 1. The summed E-state index contributed by atoms with van der Waals surface area (Å²) in [6, 6.07) is 6.87. The van der Waals surface area contributed by atoms with Crippen LogP contribution < -0.4 is 9.64 Å². The zero-order valence-corrected chi connectivity index (χ0v) is 19.3. The number of alkyl halides is 3. The zero-order chi connectivity index (χ0) is 25.5. The summed E-state index contributed by atoms with van der Waals surface area (Å²) in [7, 11) is 0. The molecule has 1 fully saturated rings. The summed E-state index contributed by atoms with van der Waals surface area (Å²) in [5.41, 5.74) is -1.27. The Balaban J connectivity index is 1.83. The SMILES string of the molecule is CC(C)(C)OC(=O)c1cc(CN2C(=O)N(c3ccc(OC(F)(F)F)cc3)C(=O)C2(C)C)ccn1. The summed E-state index contributed by atoms with van der Waals surface area (Å²) in [6.45, 7) is 8.28. The molecule has 3 rings (SSSR count). The molecule has 1 aromatic carbocycles. The van der Waals surface area contributed by atoms with Gasteiger partial charge in [-0.25, -0.2) is 19.5 Å². The number of halogens is 3. The van der Waals surface area contributed by atoms with Crippen molar-refractivity contribution in [1.82, 2.24) is 9.88 Å². The fourth-order valence-electron chi connectivity index (χ4n) is 3.32. The van der Waals surface area contributed by atoms with Crippen LogP contribution in [0, 0.1) is 0 Å². The minimum absolute atomic E-state index is 0.0122. The standard InChI is InChI=1S/C23H24F3N3O5/c1-21(2,3)34-18(30)17-12-14(10-11-27-17)13-28-20(32)29(19(31)22(28,4)5)15-6-8-16(9-7-15)33-23(24,25)26/h6-12H,13H2,1-5H3. The Bertz CT molecular complexity index is 1110. The second-order valence-corrected chi connectivity index (χ2v) is 9.16. The summed E-state index contributed by atoms with van der Waals surface area (Å²) in [5.74, 6) is -1.65. The van der Waals surface area contributed by atoms with Gasteiger partial charge in [-0.1, -0.05) is 0 Å². The Labute approximate surface area is 194 Å². The third-order valence-electron chi connectivity index (χ3n) is 4.93. The van der Waals surface area contributed by atoms with E-state index in [9.17, 15) is 27.6 Å². The summed E-state index contributed by atoms with van der Waals surface area (Å²) in [4.78, 5) is 44.8. The maximum Gasteiger partial charge on any atom is 0.573 e. The summed E-state index contributed by atoms with van der Waals surface area (Å²) in [5, 5.41) is 0. The van der Waals surface area contributed by atoms with Gasteiger partial charge in [0.2, 0.25) is 0 Å². The van der Waals surface area contributed by atoms with Gasteiger partial charge in [0, 0.05) is 12.7 Å². The molecule has 34 heavy (non-hydrogen) atoms. The minimum Gasteiger partial charge on any atom is -0.455 e. The molecule has 11 heteroatoms. The molecule has 2 aromatic rings. The number of pyridine rings is 1. The van der Waals surface area contributed by atoms with Crippen LogP contribution in [0.4, 0.5) is 23.7 Å². The van der Waals surface area contributed by atoms with E-state index in [2.05, 4.69) is 9.72 Å². The van der Waals surface area contributed by atoms with Gasteiger partial charge in [0.25, 0.3) is 5.91 Å². The minimum atomic E-state index is -4.86. The largest absolute Gasteiger partial charge is 0.573 e. The highest BCUT2D eigenvalue weighted by Crippen LogP contribution is 2.34. The first-order valence-corrected chi connectivity index (χ1v) is 10.3. The molecular weight excluding hydrogens is 455 g/mol. The van der Waals surface area contributed by atoms with Gasteiger partial charge in [-0.2, -0.15) is 0 Å². The highest BCUT2D eigenvalue weighted by molar-refractivity contribution is 6.22. The molecule has 0 atom stereocenters. The molecule has 0 radical (unpaired) electrons. The van der Waals surface area contributed by atoms with Crippen LogP contribution in [0.25, 0.3) is 0 Å². The van der Waals surface area contributed by atoms with Crippen molar-refractivity contribution < 1.29 is 37.0 Å². The number of ether oxygens (including phenoxy) is 2. The van der Waals surface area contributed by atoms with Gasteiger partial charge >= 0.3 is 18.4 Å². The molecule has 0 spiro atoms. The number of urea groups is 1. The van der Waals surface area contributed by atoms with E-state index < -0.39 is 41.2 Å². The molecule has 0 N–H and O–H groups in total. The fourth-order valence-corrected chi connectivity index (χ4v) is 3.32. The number of rotatable bonds is 5. The first-order chi connectivity index (χ1) is 15.6. The van der Waals surface area contributed by atoms with E-state index in [0.29, 0.717) is 5.56 Å². The van der Waals surface area contributed by atoms with Gasteiger partial charge in [-0.05, 0) is 76.6 Å². The van der Waals surface area contributed by atoms with Crippen molar-refractivity contribution in [3.63, 3.8) is 0 Å². The molecule has 1 aliphatic heterocycles. The van der Waals surface area contributed by atoms with Crippen molar-refractivity contribution in [2.24, 2.45) is 0 Å². The molecule has 2 heterocycles. The van der Waals surface area contributed by atoms with E-state index in [-0.39, 0.29) is 17.9 Å². The quantitative estimate of drug-likeness (QED) is 0.457. The molecule has 1 saturated heterocycles. The van der Waals surface area contributed by atoms with E-state index >= 15 is 0 Å². The van der Waals surface area contributed by atoms with Crippen molar-refractivity contribution in [3.8, 4) is 5.75 Å². The van der Waals surface area contributed by atoms with Gasteiger partial charge in [0.15, 0.2) is 0 Å². The highest BCUT2D eigenvalue weighted by Gasteiger charge is 2.51. The van der Waals surface area contributed by atoms with Gasteiger partial charge in [0.05, 0.1) is 5.69 Å². The first-order valence-electron chi connectivity index (χ1n) is 10.3. The maximum atomic E-state index is 13.2. The molecule has 0 unspecified atom stereocenters. The molecular formula is C23H24F3N3O5. The smallest absolute Gasteiger partial charge is 0.455 e. The normalized spacial score (nSPS) is 16.1. The van der Waals surface area contributed by atoms with Crippen LogP contribution >= 0.6 is 0 Å². The van der Waals surface area contributed by atoms with E-state index in [1.807, 2.05) is 0 Å². The number of carbonyl (C=O) groups is 3. The molecule has 1 aliphatic rings. The van der Waals surface area contributed by atoms with Crippen LogP contribution in [-0.2, 0) is 16.1 Å². The number of anilines is 1. The molecule has 0 bridgehead atoms. The third kappa shape index (κ3) is 5.46. The van der Waals surface area contributed by atoms with Crippen molar-refractivity contribution in [3.05, 3.63) is 53.9 Å². The predicted octanol–water partition coefficient (Wildman–Crippen LogP) is 4.68. The maximum absolute atomic E-state index is 13.2. The number of amides is 3. The number of esters is 1. The number of carbonyl (C=O) groups excluding carboxylic acids is 3. The lowest BCUT2D eigenvalue weighted by Gasteiger charge is -2.27. The number of hydrogen-bond donors (Lipinski definition) is 0. The Morgan fingerprint density at radius 2 is 1.68 bits per heavy atom. The second-order valence-electron chi connectivity index (χ2n) is 9.16. The molecule has 182 valence electrons. The number of benzene rings is 1. The van der Waals surface area contributed by atoms with E-state index in [1.165, 1.54) is 29.3 Å². The van der Waals surface area contributed by atoms with Crippen LogP contribution in [0.1, 0.15) is 50.7 Å². The van der Waals surface area contributed by atoms with E-state index in [4.69, 9.17) is 4.74 Å². The molecule has 8 nitrogen and oxygen atoms in total. The number of nitrogens with zero attached hydrogens (tertiary/aromatic N) is 3. The lowest BCUT2D eigenvalue weighted by atomic mass is 10.0. The Hall–Kier alpha value is -3.63. The average molecular weight is 479 g/mol. The van der Waals surface area contributed by atoms with Crippen molar-refractivity contribution in [2.75, 3.05) is 4.90 Å². The summed E-state index contributed by atoms with van der Waals surface area (Å²) >= 11 is 0. The fraction of sp³-hybridized carbons (Fsp3) is 0.391. The lowest BCUT2D eigenvalue weighted by molar-refractivity contribution is -0.274. The van der Waals surface area contributed by atoms with Crippen molar-refractivity contribution in [2.45, 2.75) is 58.7 Å². The lowest BCUT2D eigenvalue weighted by Crippen LogP contribution is -2.43. The second kappa shape index (κ2) is 8.62. The van der Waals surface area contributed by atoms with Crippen LogP contribution in [0.5, 0.6) is 5.75 Å². The van der Waals surface area contributed by atoms with Crippen LogP contribution in [0.3, 0.4) is 0 Å². The van der Waals surface area contributed by atoms with Gasteiger partial charge in [0.1, 0.15) is 22.6 Å². The average Bonchev–Trinajstić information content (AvgIpc) is 2.86. The van der Waals surface area contributed by atoms with Crippen molar-refractivity contribution >= 4 is 23.6 Å². The molecule has 0 saturated carbocycles. The van der Waals surface area contributed by atoms with Crippen LogP contribution in [-0.4, -0.2) is 45.3 Å². The number of aromatic nitrogens is 1. The number of hydrogen-bond acceptors (Lipinski definition) is 6. The van der Waals surface area contributed by atoms with Gasteiger partial charge < -0.3 is 14.4 Å². The van der Waals surface area contributed by atoms with E-state index in [0.717, 1.165) is 17.0 Å². The third-order valence-corrected chi connectivity index (χ3v) is 4.93. The van der Waals surface area contributed by atoms with Crippen molar-refractivity contribution in [1.29, 1.82) is 0 Å². The first kappa shape index (κ1) is 25.0. The van der Waals surface area contributed by atoms with Gasteiger partial charge in [-0.15, -0.1) is 13.2 Å². The van der Waals surface area contributed by atoms with Gasteiger partial charge in [-0.3, -0.25) is 4.79 Å². The van der Waals surface area contributed by atoms with Crippen LogP contribution in [0.2, 0.25) is 0 Å². The predicted molar refractivity (Wildman–Crippen MR) is 115 cm³/mol. The molecule has 3 amide bonds. The molecule has 0 aliphatic carbocycles. The highest BCUT2D eigenvalue weighted by atomic mass is 19.4. The Morgan fingerprint density at radius 3 is 2.24 bits per heavy atom. The monoisotopic (exact) mass is 479 g/mol. The zero-order valence-electron chi connectivity index (χ0n) is 19.3. The topological polar surface area (TPSA) is 89.0 Å².